The Balaban J connectivity index is 0.000000174. The van der Waals surface area contributed by atoms with Gasteiger partial charge in [0.2, 0.25) is 0 Å². The third-order valence-electron chi connectivity index (χ3n) is 1.65. The van der Waals surface area contributed by atoms with Gasteiger partial charge in [0, 0.05) is 26.4 Å². The molecule has 0 aromatic heterocycles. The van der Waals surface area contributed by atoms with Crippen molar-refractivity contribution >= 4 is 25.0 Å². The monoisotopic (exact) mass is 572 g/mol. The third-order valence-corrected chi connectivity index (χ3v) is 1.65. The molecule has 0 N–H and O–H groups in total. The molecule has 5 heteroatoms. The van der Waals surface area contributed by atoms with Crippen molar-refractivity contribution in [1.82, 2.24) is 0 Å². The zero-order chi connectivity index (χ0) is 9.78. The van der Waals surface area contributed by atoms with Crippen LogP contribution in [0.2, 0.25) is 0 Å². The maximum absolute atomic E-state index is 4.94. The standard InChI is InChI=1S/2C4H8O.2HI.Yb/c2*1-2-4-5-3-1;;;/h2*1-4H2;2*1H;/q;;;;+2/p-2. The fourth-order valence-corrected chi connectivity index (χ4v) is 1.02. The fraction of sp³-hybridized carbons (Fsp3) is 1.00. The van der Waals surface area contributed by atoms with E-state index < -0.39 is 0 Å². The van der Waals surface area contributed by atoms with Gasteiger partial charge in [0.25, 0.3) is 0 Å². The molecule has 13 heavy (non-hydrogen) atoms. The normalized spacial score (nSPS) is 20.2. The first-order chi connectivity index (χ1) is 6.41. The van der Waals surface area contributed by atoms with Crippen LogP contribution in [-0.2, 0) is 9.47 Å². The van der Waals surface area contributed by atoms with Gasteiger partial charge in [0.05, 0.1) is 0 Å². The Morgan fingerprint density at radius 1 is 0.692 bits per heavy atom. The van der Waals surface area contributed by atoms with Gasteiger partial charge in [-0.05, 0) is 25.7 Å². The van der Waals surface area contributed by atoms with E-state index in [4.69, 9.17) is 9.47 Å². The molecular weight excluding hydrogens is 555 g/mol. The molecular formula is C8H16I2O2Yb. The molecule has 0 radical (unpaired) electrons. The molecule has 2 saturated heterocycles. The van der Waals surface area contributed by atoms with Crippen LogP contribution in [0.1, 0.15) is 25.7 Å². The van der Waals surface area contributed by atoms with Gasteiger partial charge >= 0.3 is 55.5 Å². The Morgan fingerprint density at radius 3 is 1.00 bits per heavy atom. The molecule has 88 valence electrons. The molecule has 2 aliphatic rings. The first-order valence-corrected chi connectivity index (χ1v) is 14.2. The summed E-state index contributed by atoms with van der Waals surface area (Å²) in [6, 6.07) is 0. The quantitative estimate of drug-likeness (QED) is 0.416. The van der Waals surface area contributed by atoms with E-state index >= 15 is 0 Å². The predicted octanol–water partition coefficient (Wildman–Crippen LogP) is 3.37. The van der Waals surface area contributed by atoms with Gasteiger partial charge in [-0.1, -0.05) is 0 Å². The topological polar surface area (TPSA) is 18.5 Å². The van der Waals surface area contributed by atoms with Crippen LogP contribution < -0.4 is 0 Å². The molecule has 0 aliphatic carbocycles. The maximum atomic E-state index is 4.94. The van der Waals surface area contributed by atoms with Gasteiger partial charge in [-0.3, -0.25) is 0 Å². The minimum absolute atomic E-state index is 0.857. The average molecular weight is 571 g/mol. The molecule has 0 unspecified atom stereocenters. The van der Waals surface area contributed by atoms with Crippen LogP contribution in [0.15, 0.2) is 0 Å². The first-order valence-electron chi connectivity index (χ1n) is 4.36. The van der Waals surface area contributed by atoms with Crippen molar-refractivity contribution in [3.63, 3.8) is 0 Å². The van der Waals surface area contributed by atoms with Crippen LogP contribution in [0.3, 0.4) is 0 Å². The van der Waals surface area contributed by atoms with Gasteiger partial charge in [-0.25, -0.2) is 0 Å². The van der Waals surface area contributed by atoms with Gasteiger partial charge in [0.1, 0.15) is 0 Å². The molecule has 0 bridgehead atoms. The fourth-order valence-electron chi connectivity index (χ4n) is 1.02. The summed E-state index contributed by atoms with van der Waals surface area (Å²) in [5.41, 5.74) is 0. The number of rotatable bonds is 0. The summed E-state index contributed by atoms with van der Waals surface area (Å²) in [6.45, 7) is 4.00. The Hall–Kier alpha value is 2.90. The summed E-state index contributed by atoms with van der Waals surface area (Å²) in [7, 11) is 0. The van der Waals surface area contributed by atoms with Crippen molar-refractivity contribution < 1.29 is 40.0 Å². The van der Waals surface area contributed by atoms with E-state index in [1.165, 1.54) is 25.7 Å². The molecule has 0 saturated carbocycles. The molecule has 0 aromatic rings. The van der Waals surface area contributed by atoms with Gasteiger partial charge in [-0.15, -0.1) is 0 Å². The van der Waals surface area contributed by atoms with Crippen molar-refractivity contribution in [3.8, 4) is 0 Å². The SMILES string of the molecule is C1CCOC1.C1CCOC1.[I][Yb][I]. The van der Waals surface area contributed by atoms with Crippen LogP contribution in [0.25, 0.3) is 0 Å². The van der Waals surface area contributed by atoms with Crippen molar-refractivity contribution in [2.45, 2.75) is 25.7 Å². The van der Waals surface area contributed by atoms with Gasteiger partial charge < -0.3 is 9.47 Å². The van der Waals surface area contributed by atoms with E-state index in [1.54, 1.807) is 0 Å². The summed E-state index contributed by atoms with van der Waals surface area (Å²) < 4.78 is 9.89. The van der Waals surface area contributed by atoms with Crippen LogP contribution in [0, 0.1) is 30.5 Å². The molecule has 0 atom stereocenters. The van der Waals surface area contributed by atoms with Crippen LogP contribution >= 0.6 is 25.0 Å². The molecule has 2 heterocycles. The second kappa shape index (κ2) is 14.9. The Labute approximate surface area is 114 Å². The molecule has 2 aliphatic heterocycles. The van der Waals surface area contributed by atoms with Crippen LogP contribution in [-0.4, -0.2) is 26.4 Å². The molecule has 0 amide bonds. The zero-order valence-corrected chi connectivity index (χ0v) is 13.5. The molecule has 2 fully saturated rings. The molecule has 0 aromatic carbocycles. The van der Waals surface area contributed by atoms with E-state index in [9.17, 15) is 0 Å². The second-order valence-corrected chi connectivity index (χ2v) is 15.4. The van der Waals surface area contributed by atoms with Crippen LogP contribution in [0.5, 0.6) is 0 Å². The van der Waals surface area contributed by atoms with Crippen molar-refractivity contribution in [2.75, 3.05) is 26.4 Å². The first kappa shape index (κ1) is 15.9. The average Bonchev–Trinajstić information content (AvgIpc) is 2.85. The number of hydrogen-bond acceptors (Lipinski definition) is 2. The van der Waals surface area contributed by atoms with Crippen molar-refractivity contribution in [3.05, 3.63) is 0 Å². The van der Waals surface area contributed by atoms with E-state index in [-0.39, 0.29) is 0 Å². The van der Waals surface area contributed by atoms with Crippen LogP contribution in [0.4, 0.5) is 0 Å². The molecule has 0 spiro atoms. The number of hydrogen-bond donors (Lipinski definition) is 0. The minimum atomic E-state index is 0.857. The Bertz CT molecular complexity index is 63.0. The van der Waals surface area contributed by atoms with Crippen molar-refractivity contribution in [2.24, 2.45) is 0 Å². The summed E-state index contributed by atoms with van der Waals surface area (Å²) in [5.74, 6) is 0. The summed E-state index contributed by atoms with van der Waals surface area (Å²) >= 11 is 5.52. The third kappa shape index (κ3) is 14.9. The Morgan fingerprint density at radius 2 is 0.923 bits per heavy atom. The van der Waals surface area contributed by atoms with Gasteiger partial charge in [0.15, 0.2) is 0 Å². The van der Waals surface area contributed by atoms with E-state index in [0.29, 0.717) is 0 Å². The summed E-state index contributed by atoms with van der Waals surface area (Å²) in [6.07, 6.45) is 5.11. The molecule has 2 nitrogen and oxygen atoms in total. The number of ether oxygens (including phenoxy) is 2. The second-order valence-electron chi connectivity index (χ2n) is 2.68. The Kier molecular flexibility index (Phi) is 18.2. The predicted molar refractivity (Wildman–Crippen MR) is 68.1 cm³/mol. The van der Waals surface area contributed by atoms with E-state index in [1.807, 2.05) is 0 Å². The van der Waals surface area contributed by atoms with Crippen molar-refractivity contribution in [1.29, 1.82) is 0 Å². The zero-order valence-electron chi connectivity index (χ0n) is 7.50. The summed E-state index contributed by atoms with van der Waals surface area (Å²) in [5, 5.41) is 0. The number of halogens is 2. The van der Waals surface area contributed by atoms with Gasteiger partial charge in [-0.2, -0.15) is 0 Å². The van der Waals surface area contributed by atoms with E-state index in [2.05, 4.69) is 25.0 Å². The van der Waals surface area contributed by atoms with E-state index in [0.717, 1.165) is 56.9 Å². The summed E-state index contributed by atoms with van der Waals surface area (Å²) in [4.78, 5) is 0. The molecule has 2 rings (SSSR count).